The quantitative estimate of drug-likeness (QED) is 0.916. The van der Waals surface area contributed by atoms with Crippen LogP contribution in [-0.2, 0) is 11.2 Å². The molecule has 0 spiro atoms. The third kappa shape index (κ3) is 2.80. The van der Waals surface area contributed by atoms with Gasteiger partial charge in [-0.05, 0) is 24.6 Å². The molecule has 1 unspecified atom stereocenters. The van der Waals surface area contributed by atoms with Gasteiger partial charge in [-0.3, -0.25) is 4.79 Å². The van der Waals surface area contributed by atoms with Crippen molar-refractivity contribution >= 4 is 21.9 Å². The van der Waals surface area contributed by atoms with Gasteiger partial charge in [0, 0.05) is 10.9 Å². The topological polar surface area (TPSA) is 61.1 Å². The fraction of sp³-hybridized carbons (Fsp3) is 0.273. The fourth-order valence-corrected chi connectivity index (χ4v) is 1.44. The first kappa shape index (κ1) is 11.7. The minimum atomic E-state index is -1.35. The first-order chi connectivity index (χ1) is 6.98. The standard InChI is InChI=1S/C11H10BrNO2/c1-11(7-13,10(14)15)6-8-2-4-9(12)5-3-8/h2-5H,6H2,1H3,(H,14,15). The van der Waals surface area contributed by atoms with Crippen LogP contribution in [0.3, 0.4) is 0 Å². The number of carbonyl (C=O) groups is 1. The predicted octanol–water partition coefficient (Wildman–Crippen LogP) is 2.61. The highest BCUT2D eigenvalue weighted by molar-refractivity contribution is 9.10. The summed E-state index contributed by atoms with van der Waals surface area (Å²) in [6.07, 6.45) is 0.214. The number of halogens is 1. The van der Waals surface area contributed by atoms with Crippen LogP contribution >= 0.6 is 15.9 Å². The molecule has 1 aromatic carbocycles. The summed E-state index contributed by atoms with van der Waals surface area (Å²) in [5, 5.41) is 17.7. The van der Waals surface area contributed by atoms with Crippen LogP contribution in [-0.4, -0.2) is 11.1 Å². The van der Waals surface area contributed by atoms with Crippen LogP contribution in [0.15, 0.2) is 28.7 Å². The van der Waals surface area contributed by atoms with Gasteiger partial charge in [0.25, 0.3) is 0 Å². The van der Waals surface area contributed by atoms with Gasteiger partial charge in [0.1, 0.15) is 0 Å². The zero-order valence-electron chi connectivity index (χ0n) is 8.20. The molecule has 0 heterocycles. The summed E-state index contributed by atoms with van der Waals surface area (Å²) in [7, 11) is 0. The maximum atomic E-state index is 10.9. The lowest BCUT2D eigenvalue weighted by Gasteiger charge is -2.15. The fourth-order valence-electron chi connectivity index (χ4n) is 1.17. The Hall–Kier alpha value is -1.34. The van der Waals surface area contributed by atoms with Crippen molar-refractivity contribution in [2.75, 3.05) is 0 Å². The van der Waals surface area contributed by atoms with Crippen molar-refractivity contribution in [3.8, 4) is 6.07 Å². The van der Waals surface area contributed by atoms with Gasteiger partial charge in [0.15, 0.2) is 5.41 Å². The summed E-state index contributed by atoms with van der Waals surface area (Å²) in [5.74, 6) is -1.09. The van der Waals surface area contributed by atoms with E-state index in [2.05, 4.69) is 15.9 Å². The van der Waals surface area contributed by atoms with Crippen LogP contribution < -0.4 is 0 Å². The number of aliphatic carboxylic acids is 1. The van der Waals surface area contributed by atoms with Crippen LogP contribution in [0.2, 0.25) is 0 Å². The molecule has 0 saturated carbocycles. The van der Waals surface area contributed by atoms with E-state index >= 15 is 0 Å². The summed E-state index contributed by atoms with van der Waals surface area (Å²) in [6, 6.07) is 9.10. The molecule has 0 aliphatic rings. The lowest BCUT2D eigenvalue weighted by atomic mass is 9.85. The highest BCUT2D eigenvalue weighted by Crippen LogP contribution is 2.23. The van der Waals surface area contributed by atoms with Crippen LogP contribution in [0.5, 0.6) is 0 Å². The lowest BCUT2D eigenvalue weighted by molar-refractivity contribution is -0.144. The SMILES string of the molecule is CC(C#N)(Cc1ccc(Br)cc1)C(=O)O. The molecule has 15 heavy (non-hydrogen) atoms. The molecule has 1 aromatic rings. The number of hydrogen-bond donors (Lipinski definition) is 1. The van der Waals surface area contributed by atoms with E-state index in [1.165, 1.54) is 6.92 Å². The molecule has 3 nitrogen and oxygen atoms in total. The normalized spacial score (nSPS) is 13.9. The number of hydrogen-bond acceptors (Lipinski definition) is 2. The van der Waals surface area contributed by atoms with E-state index in [-0.39, 0.29) is 6.42 Å². The number of carboxylic acids is 1. The first-order valence-corrected chi connectivity index (χ1v) is 5.16. The molecule has 1 atom stereocenters. The molecule has 0 amide bonds. The molecule has 0 fully saturated rings. The molecular formula is C11H10BrNO2. The third-order valence-corrected chi connectivity index (χ3v) is 2.72. The number of carboxylic acid groups (broad SMARTS) is 1. The van der Waals surface area contributed by atoms with Crippen molar-refractivity contribution < 1.29 is 9.90 Å². The zero-order chi connectivity index (χ0) is 11.5. The Labute approximate surface area is 96.5 Å². The first-order valence-electron chi connectivity index (χ1n) is 4.37. The number of nitriles is 1. The molecule has 4 heteroatoms. The molecule has 0 saturated heterocycles. The van der Waals surface area contributed by atoms with Gasteiger partial charge >= 0.3 is 5.97 Å². The largest absolute Gasteiger partial charge is 0.480 e. The van der Waals surface area contributed by atoms with E-state index in [0.29, 0.717) is 0 Å². The smallest absolute Gasteiger partial charge is 0.324 e. The van der Waals surface area contributed by atoms with Crippen LogP contribution in [0.25, 0.3) is 0 Å². The molecule has 0 radical (unpaired) electrons. The van der Waals surface area contributed by atoms with E-state index in [0.717, 1.165) is 10.0 Å². The Bertz CT molecular complexity index is 408. The van der Waals surface area contributed by atoms with Gasteiger partial charge in [-0.25, -0.2) is 0 Å². The molecule has 0 aliphatic heterocycles. The molecule has 0 aliphatic carbocycles. The average molecular weight is 268 g/mol. The van der Waals surface area contributed by atoms with Crippen LogP contribution in [0.4, 0.5) is 0 Å². The Morgan fingerprint density at radius 1 is 1.53 bits per heavy atom. The minimum absolute atomic E-state index is 0.214. The Balaban J connectivity index is 2.90. The summed E-state index contributed by atoms with van der Waals surface area (Å²) in [5.41, 5.74) is -0.516. The van der Waals surface area contributed by atoms with Crippen molar-refractivity contribution in [3.63, 3.8) is 0 Å². The number of benzene rings is 1. The monoisotopic (exact) mass is 267 g/mol. The summed E-state index contributed by atoms with van der Waals surface area (Å²) in [4.78, 5) is 10.9. The van der Waals surface area contributed by atoms with Crippen LogP contribution in [0.1, 0.15) is 12.5 Å². The van der Waals surface area contributed by atoms with E-state index < -0.39 is 11.4 Å². The maximum absolute atomic E-state index is 10.9. The van der Waals surface area contributed by atoms with Crippen LogP contribution in [0, 0.1) is 16.7 Å². The third-order valence-electron chi connectivity index (χ3n) is 2.19. The second-order valence-electron chi connectivity index (χ2n) is 3.55. The van der Waals surface area contributed by atoms with Crippen molar-refractivity contribution in [1.29, 1.82) is 5.26 Å². The highest BCUT2D eigenvalue weighted by atomic mass is 79.9. The summed E-state index contributed by atoms with van der Waals surface area (Å²) in [6.45, 7) is 1.43. The van der Waals surface area contributed by atoms with Crippen molar-refractivity contribution in [2.45, 2.75) is 13.3 Å². The number of nitrogens with zero attached hydrogens (tertiary/aromatic N) is 1. The minimum Gasteiger partial charge on any atom is -0.480 e. The highest BCUT2D eigenvalue weighted by Gasteiger charge is 2.33. The lowest BCUT2D eigenvalue weighted by Crippen LogP contribution is -2.28. The maximum Gasteiger partial charge on any atom is 0.324 e. The zero-order valence-corrected chi connectivity index (χ0v) is 9.78. The van der Waals surface area contributed by atoms with Gasteiger partial charge in [-0.1, -0.05) is 28.1 Å². The van der Waals surface area contributed by atoms with Gasteiger partial charge in [0.2, 0.25) is 0 Å². The Morgan fingerprint density at radius 2 is 2.07 bits per heavy atom. The Kier molecular flexibility index (Phi) is 3.48. The van der Waals surface area contributed by atoms with Gasteiger partial charge in [-0.2, -0.15) is 5.26 Å². The average Bonchev–Trinajstić information content (AvgIpc) is 2.21. The van der Waals surface area contributed by atoms with Gasteiger partial charge < -0.3 is 5.11 Å². The second-order valence-corrected chi connectivity index (χ2v) is 4.47. The molecule has 0 aromatic heterocycles. The van der Waals surface area contributed by atoms with E-state index in [9.17, 15) is 4.79 Å². The van der Waals surface area contributed by atoms with Crippen molar-refractivity contribution in [1.82, 2.24) is 0 Å². The Morgan fingerprint density at radius 3 is 2.47 bits per heavy atom. The summed E-state index contributed by atoms with van der Waals surface area (Å²) >= 11 is 3.29. The molecular weight excluding hydrogens is 258 g/mol. The molecule has 78 valence electrons. The second kappa shape index (κ2) is 4.45. The van der Waals surface area contributed by atoms with E-state index in [4.69, 9.17) is 10.4 Å². The predicted molar refractivity (Wildman–Crippen MR) is 59.2 cm³/mol. The van der Waals surface area contributed by atoms with Crippen molar-refractivity contribution in [3.05, 3.63) is 34.3 Å². The summed E-state index contributed by atoms with van der Waals surface area (Å²) < 4.78 is 0.931. The van der Waals surface area contributed by atoms with E-state index in [1.807, 2.05) is 30.3 Å². The molecule has 1 rings (SSSR count). The number of rotatable bonds is 3. The van der Waals surface area contributed by atoms with Gasteiger partial charge in [-0.15, -0.1) is 0 Å². The van der Waals surface area contributed by atoms with Crippen molar-refractivity contribution in [2.24, 2.45) is 5.41 Å². The molecule has 0 bridgehead atoms. The molecule has 1 N–H and O–H groups in total. The van der Waals surface area contributed by atoms with E-state index in [1.54, 1.807) is 0 Å². The van der Waals surface area contributed by atoms with Gasteiger partial charge in [0.05, 0.1) is 6.07 Å².